The molecule has 0 saturated heterocycles. The van der Waals surface area contributed by atoms with Gasteiger partial charge in [-0.25, -0.2) is 8.78 Å². The van der Waals surface area contributed by atoms with Crippen molar-refractivity contribution in [2.45, 2.75) is 26.8 Å². The van der Waals surface area contributed by atoms with E-state index >= 15 is 0 Å². The maximum atomic E-state index is 13.8. The predicted molar refractivity (Wildman–Crippen MR) is 77.8 cm³/mol. The number of hydrogen-bond acceptors (Lipinski definition) is 1. The Balaban J connectivity index is 2.47. The number of benzene rings is 2. The molecule has 1 nitrogen and oxygen atoms in total. The van der Waals surface area contributed by atoms with Crippen LogP contribution in [0, 0.1) is 25.5 Å². The normalized spacial score (nSPS) is 12.4. The summed E-state index contributed by atoms with van der Waals surface area (Å²) in [5.41, 5.74) is 3.30. The summed E-state index contributed by atoms with van der Waals surface area (Å²) in [6.45, 7) is 6.35. The Labute approximate surface area is 118 Å². The second kappa shape index (κ2) is 6.14. The van der Waals surface area contributed by atoms with Gasteiger partial charge in [-0.2, -0.15) is 0 Å². The molecule has 0 saturated carbocycles. The standard InChI is InChI=1S/C17H19F2N/c1-4-20-17(13-6-5-11(2)16(19)10-13)15-8-7-14(18)9-12(15)3/h5-10,17,20H,4H2,1-3H3. The van der Waals surface area contributed by atoms with E-state index in [-0.39, 0.29) is 17.7 Å². The molecule has 0 aliphatic carbocycles. The second-order valence-electron chi connectivity index (χ2n) is 5.00. The summed E-state index contributed by atoms with van der Waals surface area (Å²) < 4.78 is 27.0. The van der Waals surface area contributed by atoms with Crippen LogP contribution in [-0.4, -0.2) is 6.54 Å². The Bertz CT molecular complexity index is 608. The van der Waals surface area contributed by atoms with E-state index in [9.17, 15) is 8.78 Å². The molecule has 106 valence electrons. The maximum absolute atomic E-state index is 13.8. The lowest BCUT2D eigenvalue weighted by Gasteiger charge is -2.21. The molecule has 0 radical (unpaired) electrons. The first-order valence-corrected chi connectivity index (χ1v) is 6.78. The van der Waals surface area contributed by atoms with Gasteiger partial charge in [-0.15, -0.1) is 0 Å². The Kier molecular flexibility index (Phi) is 4.50. The summed E-state index contributed by atoms with van der Waals surface area (Å²) >= 11 is 0. The topological polar surface area (TPSA) is 12.0 Å². The largest absolute Gasteiger partial charge is 0.307 e. The van der Waals surface area contributed by atoms with Crippen molar-refractivity contribution in [3.8, 4) is 0 Å². The molecule has 0 aromatic heterocycles. The summed E-state index contributed by atoms with van der Waals surface area (Å²) in [6.07, 6.45) is 0. The van der Waals surface area contributed by atoms with Gasteiger partial charge in [-0.3, -0.25) is 0 Å². The molecule has 2 aromatic carbocycles. The van der Waals surface area contributed by atoms with E-state index in [2.05, 4.69) is 5.32 Å². The second-order valence-corrected chi connectivity index (χ2v) is 5.00. The number of halogens is 2. The first-order valence-electron chi connectivity index (χ1n) is 6.78. The van der Waals surface area contributed by atoms with Gasteiger partial charge < -0.3 is 5.32 Å². The van der Waals surface area contributed by atoms with Crippen molar-refractivity contribution in [3.05, 3.63) is 70.3 Å². The molecule has 1 unspecified atom stereocenters. The Morgan fingerprint density at radius 2 is 1.75 bits per heavy atom. The summed E-state index contributed by atoms with van der Waals surface area (Å²) in [5.74, 6) is -0.471. The van der Waals surface area contributed by atoms with Gasteiger partial charge in [0.05, 0.1) is 6.04 Å². The van der Waals surface area contributed by atoms with Crippen LogP contribution in [0.15, 0.2) is 36.4 Å². The lowest BCUT2D eigenvalue weighted by Crippen LogP contribution is -2.23. The average molecular weight is 275 g/mol. The molecular formula is C17H19F2N. The van der Waals surface area contributed by atoms with Crippen molar-refractivity contribution in [2.75, 3.05) is 6.54 Å². The molecule has 3 heteroatoms. The summed E-state index contributed by atoms with van der Waals surface area (Å²) in [4.78, 5) is 0. The molecule has 0 bridgehead atoms. The molecule has 1 atom stereocenters. The minimum absolute atomic E-state index is 0.129. The van der Waals surface area contributed by atoms with Crippen molar-refractivity contribution in [2.24, 2.45) is 0 Å². The molecule has 20 heavy (non-hydrogen) atoms. The molecule has 2 rings (SSSR count). The van der Waals surface area contributed by atoms with Crippen LogP contribution in [0.5, 0.6) is 0 Å². The van der Waals surface area contributed by atoms with Gasteiger partial charge in [0.15, 0.2) is 0 Å². The van der Waals surface area contributed by atoms with Gasteiger partial charge in [0.1, 0.15) is 11.6 Å². The monoisotopic (exact) mass is 275 g/mol. The van der Waals surface area contributed by atoms with Crippen LogP contribution in [0.3, 0.4) is 0 Å². The van der Waals surface area contributed by atoms with E-state index in [1.807, 2.05) is 19.9 Å². The van der Waals surface area contributed by atoms with E-state index in [0.717, 1.165) is 23.2 Å². The summed E-state index contributed by atoms with van der Waals surface area (Å²) in [7, 11) is 0. The van der Waals surface area contributed by atoms with Gasteiger partial charge in [0, 0.05) is 0 Å². The minimum atomic E-state index is -0.253. The Hall–Kier alpha value is -1.74. The number of aryl methyl sites for hydroxylation is 2. The number of hydrogen-bond donors (Lipinski definition) is 1. The first-order chi connectivity index (χ1) is 9.52. The molecule has 0 aliphatic rings. The van der Waals surface area contributed by atoms with Crippen LogP contribution < -0.4 is 5.32 Å². The van der Waals surface area contributed by atoms with Gasteiger partial charge in [0.25, 0.3) is 0 Å². The van der Waals surface area contributed by atoms with Gasteiger partial charge in [-0.1, -0.05) is 25.1 Å². The summed E-state index contributed by atoms with van der Waals surface area (Å²) in [6, 6.07) is 9.81. The Morgan fingerprint density at radius 3 is 2.35 bits per heavy atom. The molecule has 0 amide bonds. The fourth-order valence-corrected chi connectivity index (χ4v) is 2.36. The fourth-order valence-electron chi connectivity index (χ4n) is 2.36. The third-order valence-corrected chi connectivity index (χ3v) is 3.48. The lowest BCUT2D eigenvalue weighted by molar-refractivity contribution is 0.592. The fraction of sp³-hybridized carbons (Fsp3) is 0.294. The van der Waals surface area contributed by atoms with E-state index in [0.29, 0.717) is 5.56 Å². The van der Waals surface area contributed by atoms with Crippen molar-refractivity contribution < 1.29 is 8.78 Å². The zero-order valence-corrected chi connectivity index (χ0v) is 12.0. The zero-order valence-electron chi connectivity index (χ0n) is 12.0. The van der Waals surface area contributed by atoms with Crippen LogP contribution in [0.25, 0.3) is 0 Å². The molecule has 0 heterocycles. The molecule has 0 fully saturated rings. The van der Waals surface area contributed by atoms with Crippen molar-refractivity contribution in [1.29, 1.82) is 0 Å². The molecular weight excluding hydrogens is 256 g/mol. The van der Waals surface area contributed by atoms with E-state index < -0.39 is 0 Å². The maximum Gasteiger partial charge on any atom is 0.126 e. The van der Waals surface area contributed by atoms with Gasteiger partial charge in [0.2, 0.25) is 0 Å². The van der Waals surface area contributed by atoms with Gasteiger partial charge in [-0.05, 0) is 60.8 Å². The number of rotatable bonds is 4. The van der Waals surface area contributed by atoms with Crippen LogP contribution in [0.1, 0.15) is 35.2 Å². The molecule has 0 aliphatic heterocycles. The molecule has 1 N–H and O–H groups in total. The summed E-state index contributed by atoms with van der Waals surface area (Å²) in [5, 5.41) is 3.33. The van der Waals surface area contributed by atoms with Crippen molar-refractivity contribution in [3.63, 3.8) is 0 Å². The van der Waals surface area contributed by atoms with Crippen LogP contribution in [0.2, 0.25) is 0 Å². The Morgan fingerprint density at radius 1 is 1.00 bits per heavy atom. The lowest BCUT2D eigenvalue weighted by atomic mass is 9.94. The first kappa shape index (κ1) is 14.7. The van der Waals surface area contributed by atoms with Crippen molar-refractivity contribution >= 4 is 0 Å². The van der Waals surface area contributed by atoms with E-state index in [4.69, 9.17) is 0 Å². The highest BCUT2D eigenvalue weighted by Gasteiger charge is 2.16. The third-order valence-electron chi connectivity index (χ3n) is 3.48. The minimum Gasteiger partial charge on any atom is -0.307 e. The quantitative estimate of drug-likeness (QED) is 0.878. The number of nitrogens with one attached hydrogen (secondary N) is 1. The molecule has 0 spiro atoms. The zero-order chi connectivity index (χ0) is 14.7. The van der Waals surface area contributed by atoms with Crippen LogP contribution in [-0.2, 0) is 0 Å². The van der Waals surface area contributed by atoms with E-state index in [1.54, 1.807) is 25.1 Å². The SMILES string of the molecule is CCNC(c1ccc(C)c(F)c1)c1ccc(F)cc1C. The smallest absolute Gasteiger partial charge is 0.126 e. The highest BCUT2D eigenvalue weighted by molar-refractivity contribution is 5.38. The highest BCUT2D eigenvalue weighted by Crippen LogP contribution is 2.26. The molecule has 2 aromatic rings. The average Bonchev–Trinajstić information content (AvgIpc) is 2.40. The van der Waals surface area contributed by atoms with Crippen molar-refractivity contribution in [1.82, 2.24) is 5.32 Å². The third kappa shape index (κ3) is 3.05. The highest BCUT2D eigenvalue weighted by atomic mass is 19.1. The van der Waals surface area contributed by atoms with Crippen LogP contribution in [0.4, 0.5) is 8.78 Å². The predicted octanol–water partition coefficient (Wildman–Crippen LogP) is 4.28. The van der Waals surface area contributed by atoms with Crippen LogP contribution >= 0.6 is 0 Å². The van der Waals surface area contributed by atoms with Gasteiger partial charge >= 0.3 is 0 Å². The van der Waals surface area contributed by atoms with E-state index in [1.165, 1.54) is 12.1 Å².